The normalized spacial score (nSPS) is 21.8. The highest BCUT2D eigenvalue weighted by Crippen LogP contribution is 2.45. The number of hydrogen-bond acceptors (Lipinski definition) is 4. The van der Waals surface area contributed by atoms with Gasteiger partial charge in [0.2, 0.25) is 17.7 Å². The molecule has 0 bridgehead atoms. The zero-order chi connectivity index (χ0) is 14.0. The van der Waals surface area contributed by atoms with Crippen molar-refractivity contribution in [3.05, 3.63) is 0 Å². The van der Waals surface area contributed by atoms with Crippen molar-refractivity contribution in [1.29, 1.82) is 0 Å². The summed E-state index contributed by atoms with van der Waals surface area (Å²) >= 11 is 0. The van der Waals surface area contributed by atoms with Crippen molar-refractivity contribution in [2.75, 3.05) is 6.54 Å². The molecule has 1 saturated carbocycles. The standard InChI is InChI=1S/C12H17N3O4/c13-11(19)14-8(16)7-15-9(17)6-12(10(15)18)4-2-1-3-5-12/h1-7H2,(H3,13,14,16,19). The Bertz CT molecular complexity index is 440. The number of amides is 5. The zero-order valence-corrected chi connectivity index (χ0v) is 10.6. The van der Waals surface area contributed by atoms with Gasteiger partial charge in [-0.2, -0.15) is 0 Å². The first kappa shape index (κ1) is 13.5. The van der Waals surface area contributed by atoms with Gasteiger partial charge in [0.05, 0.1) is 5.41 Å². The number of nitrogens with two attached hydrogens (primary N) is 1. The number of rotatable bonds is 2. The average Bonchev–Trinajstić information content (AvgIpc) is 2.54. The van der Waals surface area contributed by atoms with Gasteiger partial charge < -0.3 is 5.73 Å². The Morgan fingerprint density at radius 1 is 1.21 bits per heavy atom. The first-order valence-electron chi connectivity index (χ1n) is 6.39. The number of hydrogen-bond donors (Lipinski definition) is 2. The lowest BCUT2D eigenvalue weighted by Crippen LogP contribution is -2.45. The molecule has 0 unspecified atom stereocenters. The van der Waals surface area contributed by atoms with Crippen LogP contribution in [0.3, 0.4) is 0 Å². The van der Waals surface area contributed by atoms with E-state index in [1.165, 1.54) is 0 Å². The molecule has 5 amide bonds. The average molecular weight is 267 g/mol. The van der Waals surface area contributed by atoms with Gasteiger partial charge in [0, 0.05) is 6.42 Å². The molecule has 7 nitrogen and oxygen atoms in total. The van der Waals surface area contributed by atoms with Crippen LogP contribution in [0, 0.1) is 5.41 Å². The summed E-state index contributed by atoms with van der Waals surface area (Å²) in [5.41, 5.74) is 4.21. The van der Waals surface area contributed by atoms with E-state index in [9.17, 15) is 19.2 Å². The maximum absolute atomic E-state index is 12.3. The fourth-order valence-corrected chi connectivity index (χ4v) is 2.96. The van der Waals surface area contributed by atoms with Crippen LogP contribution >= 0.6 is 0 Å². The molecule has 2 rings (SSSR count). The summed E-state index contributed by atoms with van der Waals surface area (Å²) in [5.74, 6) is -1.36. The Morgan fingerprint density at radius 2 is 1.84 bits per heavy atom. The summed E-state index contributed by atoms with van der Waals surface area (Å²) in [6.45, 7) is -0.428. The van der Waals surface area contributed by atoms with Gasteiger partial charge in [-0.25, -0.2) is 4.79 Å². The third-order valence-corrected chi connectivity index (χ3v) is 3.86. The highest BCUT2D eigenvalue weighted by Gasteiger charge is 2.51. The Morgan fingerprint density at radius 3 is 2.42 bits per heavy atom. The molecule has 1 heterocycles. The van der Waals surface area contributed by atoms with Crippen LogP contribution in [0.2, 0.25) is 0 Å². The lowest BCUT2D eigenvalue weighted by atomic mass is 9.73. The first-order valence-corrected chi connectivity index (χ1v) is 6.39. The van der Waals surface area contributed by atoms with E-state index < -0.39 is 23.9 Å². The molecular formula is C12H17N3O4. The largest absolute Gasteiger partial charge is 0.351 e. The van der Waals surface area contributed by atoms with E-state index in [-0.39, 0.29) is 18.2 Å². The molecule has 2 aliphatic rings. The number of urea groups is 1. The van der Waals surface area contributed by atoms with E-state index in [1.807, 2.05) is 5.32 Å². The summed E-state index contributed by atoms with van der Waals surface area (Å²) in [5, 5.41) is 1.86. The van der Waals surface area contributed by atoms with Gasteiger partial charge in [-0.3, -0.25) is 24.6 Å². The van der Waals surface area contributed by atoms with Gasteiger partial charge in [-0.05, 0) is 12.8 Å². The summed E-state index contributed by atoms with van der Waals surface area (Å²) < 4.78 is 0. The Balaban J connectivity index is 2.06. The number of nitrogens with zero attached hydrogens (tertiary/aromatic N) is 1. The molecule has 1 aliphatic heterocycles. The van der Waals surface area contributed by atoms with Crippen LogP contribution in [0.25, 0.3) is 0 Å². The van der Waals surface area contributed by atoms with Gasteiger partial charge in [0.15, 0.2) is 0 Å². The molecule has 0 atom stereocenters. The van der Waals surface area contributed by atoms with E-state index in [1.54, 1.807) is 0 Å². The molecule has 2 fully saturated rings. The fourth-order valence-electron chi connectivity index (χ4n) is 2.96. The van der Waals surface area contributed by atoms with Gasteiger partial charge in [0.25, 0.3) is 0 Å². The highest BCUT2D eigenvalue weighted by atomic mass is 16.2. The predicted molar refractivity (Wildman–Crippen MR) is 64.6 cm³/mol. The number of carbonyl (C=O) groups excluding carboxylic acids is 4. The minimum Gasteiger partial charge on any atom is -0.351 e. The van der Waals surface area contributed by atoms with E-state index in [4.69, 9.17) is 5.73 Å². The van der Waals surface area contributed by atoms with E-state index in [0.717, 1.165) is 24.2 Å². The van der Waals surface area contributed by atoms with Crippen LogP contribution in [-0.4, -0.2) is 35.2 Å². The van der Waals surface area contributed by atoms with Gasteiger partial charge in [-0.15, -0.1) is 0 Å². The van der Waals surface area contributed by atoms with Crippen LogP contribution in [0.15, 0.2) is 0 Å². The fraction of sp³-hybridized carbons (Fsp3) is 0.667. The number of nitrogens with one attached hydrogen (secondary N) is 1. The van der Waals surface area contributed by atoms with Gasteiger partial charge in [-0.1, -0.05) is 19.3 Å². The third-order valence-electron chi connectivity index (χ3n) is 3.86. The Labute approximate surface area is 110 Å². The molecule has 0 aromatic heterocycles. The molecule has 1 aliphatic carbocycles. The molecule has 1 saturated heterocycles. The SMILES string of the molecule is NC(=O)NC(=O)CN1C(=O)CC2(CCCCC2)C1=O. The van der Waals surface area contributed by atoms with Crippen molar-refractivity contribution >= 4 is 23.8 Å². The minimum absolute atomic E-state index is 0.176. The van der Waals surface area contributed by atoms with Crippen molar-refractivity contribution in [1.82, 2.24) is 10.2 Å². The number of imide groups is 2. The smallest absolute Gasteiger partial charge is 0.318 e. The first-order chi connectivity index (χ1) is 8.94. The molecule has 7 heteroatoms. The minimum atomic E-state index is -0.989. The lowest BCUT2D eigenvalue weighted by Gasteiger charge is -2.30. The number of primary amides is 1. The van der Waals surface area contributed by atoms with Crippen molar-refractivity contribution in [3.63, 3.8) is 0 Å². The van der Waals surface area contributed by atoms with Crippen molar-refractivity contribution < 1.29 is 19.2 Å². The lowest BCUT2D eigenvalue weighted by molar-refractivity contribution is -0.145. The van der Waals surface area contributed by atoms with E-state index >= 15 is 0 Å². The number of likely N-dealkylation sites (tertiary alicyclic amines) is 1. The Kier molecular flexibility index (Phi) is 3.55. The second-order valence-corrected chi connectivity index (χ2v) is 5.22. The molecule has 0 aromatic carbocycles. The summed E-state index contributed by atoms with van der Waals surface area (Å²) in [6.07, 6.45) is 4.51. The third kappa shape index (κ3) is 2.59. The summed E-state index contributed by atoms with van der Waals surface area (Å²) in [6, 6.07) is -0.989. The molecule has 0 aromatic rings. The molecule has 104 valence electrons. The van der Waals surface area contributed by atoms with Gasteiger partial charge in [0.1, 0.15) is 6.54 Å². The highest BCUT2D eigenvalue weighted by molar-refractivity contribution is 6.09. The van der Waals surface area contributed by atoms with Crippen LogP contribution < -0.4 is 11.1 Å². The molecule has 1 spiro atoms. The van der Waals surface area contributed by atoms with Crippen LogP contribution in [0.4, 0.5) is 4.79 Å². The number of carbonyl (C=O) groups is 4. The van der Waals surface area contributed by atoms with Crippen molar-refractivity contribution in [2.24, 2.45) is 11.1 Å². The second-order valence-electron chi connectivity index (χ2n) is 5.22. The molecule has 0 radical (unpaired) electrons. The molecular weight excluding hydrogens is 250 g/mol. The zero-order valence-electron chi connectivity index (χ0n) is 10.6. The van der Waals surface area contributed by atoms with Crippen molar-refractivity contribution in [2.45, 2.75) is 38.5 Å². The van der Waals surface area contributed by atoms with Crippen LogP contribution in [-0.2, 0) is 14.4 Å². The second kappa shape index (κ2) is 4.99. The van der Waals surface area contributed by atoms with Crippen molar-refractivity contribution in [3.8, 4) is 0 Å². The topological polar surface area (TPSA) is 110 Å². The summed E-state index contributed by atoms with van der Waals surface area (Å²) in [7, 11) is 0. The monoisotopic (exact) mass is 267 g/mol. The predicted octanol–water partition coefficient (Wildman–Crippen LogP) is -0.109. The van der Waals surface area contributed by atoms with Crippen LogP contribution in [0.5, 0.6) is 0 Å². The molecule has 19 heavy (non-hydrogen) atoms. The summed E-state index contributed by atoms with van der Waals surface area (Å²) in [4.78, 5) is 47.1. The van der Waals surface area contributed by atoms with Gasteiger partial charge >= 0.3 is 6.03 Å². The maximum Gasteiger partial charge on any atom is 0.318 e. The maximum atomic E-state index is 12.3. The van der Waals surface area contributed by atoms with E-state index in [2.05, 4.69) is 0 Å². The molecule has 3 N–H and O–H groups in total. The quantitative estimate of drug-likeness (QED) is 0.680. The van der Waals surface area contributed by atoms with E-state index in [0.29, 0.717) is 12.8 Å². The Hall–Kier alpha value is -1.92. The van der Waals surface area contributed by atoms with Crippen LogP contribution in [0.1, 0.15) is 38.5 Å².